The Morgan fingerprint density at radius 3 is 2.18 bits per heavy atom. The summed E-state index contributed by atoms with van der Waals surface area (Å²) < 4.78 is 0. The SMILES string of the molecule is Cc1ccc(-c2ccccc2C(=O)O)cc1.O. The van der Waals surface area contributed by atoms with E-state index in [0.29, 0.717) is 5.56 Å². The second-order valence-corrected chi connectivity index (χ2v) is 3.72. The Morgan fingerprint density at radius 1 is 1.00 bits per heavy atom. The number of aryl methyl sites for hydroxylation is 1. The summed E-state index contributed by atoms with van der Waals surface area (Å²) in [5, 5.41) is 9.08. The summed E-state index contributed by atoms with van der Waals surface area (Å²) in [6, 6.07) is 14.9. The Bertz CT molecular complexity index is 515. The fraction of sp³-hybridized carbons (Fsp3) is 0.0714. The number of hydrogen-bond donors (Lipinski definition) is 1. The Kier molecular flexibility index (Phi) is 4.01. The molecule has 88 valence electrons. The van der Waals surface area contributed by atoms with Crippen molar-refractivity contribution in [3.8, 4) is 11.1 Å². The summed E-state index contributed by atoms with van der Waals surface area (Å²) in [5.74, 6) is -0.892. The molecular weight excluding hydrogens is 216 g/mol. The summed E-state index contributed by atoms with van der Waals surface area (Å²) >= 11 is 0. The molecule has 0 aliphatic heterocycles. The highest BCUT2D eigenvalue weighted by atomic mass is 16.4. The van der Waals surface area contributed by atoms with Gasteiger partial charge in [0, 0.05) is 0 Å². The second kappa shape index (κ2) is 5.27. The van der Waals surface area contributed by atoms with Crippen LogP contribution in [0.4, 0.5) is 0 Å². The molecule has 17 heavy (non-hydrogen) atoms. The lowest BCUT2D eigenvalue weighted by molar-refractivity contribution is 0.0697. The van der Waals surface area contributed by atoms with Crippen molar-refractivity contribution < 1.29 is 15.4 Å². The highest BCUT2D eigenvalue weighted by molar-refractivity contribution is 5.95. The van der Waals surface area contributed by atoms with Gasteiger partial charge < -0.3 is 10.6 Å². The second-order valence-electron chi connectivity index (χ2n) is 3.72. The molecule has 2 aromatic carbocycles. The Hall–Kier alpha value is -2.13. The van der Waals surface area contributed by atoms with E-state index < -0.39 is 5.97 Å². The van der Waals surface area contributed by atoms with Crippen LogP contribution >= 0.6 is 0 Å². The van der Waals surface area contributed by atoms with Crippen LogP contribution in [-0.4, -0.2) is 16.6 Å². The summed E-state index contributed by atoms with van der Waals surface area (Å²) in [4.78, 5) is 11.1. The molecule has 3 nitrogen and oxygen atoms in total. The van der Waals surface area contributed by atoms with Crippen molar-refractivity contribution in [2.45, 2.75) is 6.92 Å². The van der Waals surface area contributed by atoms with Crippen LogP contribution in [0.5, 0.6) is 0 Å². The van der Waals surface area contributed by atoms with Crippen LogP contribution in [0.2, 0.25) is 0 Å². The van der Waals surface area contributed by atoms with Gasteiger partial charge in [0.25, 0.3) is 0 Å². The number of carbonyl (C=O) groups is 1. The lowest BCUT2D eigenvalue weighted by atomic mass is 9.99. The molecule has 0 saturated carbocycles. The molecule has 0 unspecified atom stereocenters. The Morgan fingerprint density at radius 2 is 1.59 bits per heavy atom. The smallest absolute Gasteiger partial charge is 0.336 e. The first-order chi connectivity index (χ1) is 7.68. The van der Waals surface area contributed by atoms with Crippen molar-refractivity contribution in [2.75, 3.05) is 0 Å². The zero-order valence-corrected chi connectivity index (χ0v) is 9.47. The largest absolute Gasteiger partial charge is 0.478 e. The predicted octanol–water partition coefficient (Wildman–Crippen LogP) is 2.54. The maximum atomic E-state index is 11.1. The average molecular weight is 230 g/mol. The van der Waals surface area contributed by atoms with Crippen molar-refractivity contribution in [1.82, 2.24) is 0 Å². The molecule has 2 rings (SSSR count). The summed E-state index contributed by atoms with van der Waals surface area (Å²) in [7, 11) is 0. The first kappa shape index (κ1) is 12.9. The van der Waals surface area contributed by atoms with Crippen LogP contribution in [0.25, 0.3) is 11.1 Å². The zero-order chi connectivity index (χ0) is 11.5. The van der Waals surface area contributed by atoms with Crippen molar-refractivity contribution in [3.05, 3.63) is 59.7 Å². The van der Waals surface area contributed by atoms with Gasteiger partial charge in [0.1, 0.15) is 0 Å². The number of carboxylic acids is 1. The minimum absolute atomic E-state index is 0. The van der Waals surface area contributed by atoms with E-state index in [1.165, 1.54) is 0 Å². The van der Waals surface area contributed by atoms with Gasteiger partial charge in [-0.25, -0.2) is 4.79 Å². The Balaban J connectivity index is 0.00000144. The van der Waals surface area contributed by atoms with E-state index in [1.54, 1.807) is 12.1 Å². The van der Waals surface area contributed by atoms with Gasteiger partial charge in [-0.15, -0.1) is 0 Å². The third-order valence-electron chi connectivity index (χ3n) is 2.52. The fourth-order valence-electron chi connectivity index (χ4n) is 1.65. The van der Waals surface area contributed by atoms with E-state index in [0.717, 1.165) is 16.7 Å². The summed E-state index contributed by atoms with van der Waals surface area (Å²) in [6.07, 6.45) is 0. The van der Waals surface area contributed by atoms with E-state index in [2.05, 4.69) is 0 Å². The number of aromatic carboxylic acids is 1. The van der Waals surface area contributed by atoms with Crippen LogP contribution in [0.3, 0.4) is 0 Å². The molecule has 0 aliphatic carbocycles. The van der Waals surface area contributed by atoms with E-state index in [9.17, 15) is 4.79 Å². The van der Waals surface area contributed by atoms with Gasteiger partial charge in [-0.2, -0.15) is 0 Å². The quantitative estimate of drug-likeness (QED) is 0.861. The molecule has 0 amide bonds. The number of benzene rings is 2. The topological polar surface area (TPSA) is 68.8 Å². The van der Waals surface area contributed by atoms with Gasteiger partial charge in [-0.05, 0) is 24.1 Å². The summed E-state index contributed by atoms with van der Waals surface area (Å²) in [6.45, 7) is 2.01. The third kappa shape index (κ3) is 2.71. The molecule has 0 heterocycles. The van der Waals surface area contributed by atoms with Crippen LogP contribution in [0, 0.1) is 6.92 Å². The average Bonchev–Trinajstić information content (AvgIpc) is 2.30. The van der Waals surface area contributed by atoms with Crippen LogP contribution in [0.1, 0.15) is 15.9 Å². The number of hydrogen-bond acceptors (Lipinski definition) is 1. The highest BCUT2D eigenvalue weighted by Gasteiger charge is 2.09. The van der Waals surface area contributed by atoms with Crippen LogP contribution in [-0.2, 0) is 0 Å². The predicted molar refractivity (Wildman–Crippen MR) is 67.2 cm³/mol. The van der Waals surface area contributed by atoms with Crippen molar-refractivity contribution in [1.29, 1.82) is 0 Å². The standard InChI is InChI=1S/C14H12O2.H2O/c1-10-6-8-11(9-7-10)12-4-2-3-5-13(12)14(15)16;/h2-9H,1H3,(H,15,16);1H2. The normalized spacial score (nSPS) is 9.47. The molecule has 0 aromatic heterocycles. The van der Waals surface area contributed by atoms with Gasteiger partial charge in [-0.1, -0.05) is 48.0 Å². The van der Waals surface area contributed by atoms with Crippen molar-refractivity contribution >= 4 is 5.97 Å². The third-order valence-corrected chi connectivity index (χ3v) is 2.52. The molecule has 0 aliphatic rings. The van der Waals surface area contributed by atoms with E-state index in [-0.39, 0.29) is 5.48 Å². The molecule has 0 radical (unpaired) electrons. The monoisotopic (exact) mass is 230 g/mol. The number of rotatable bonds is 2. The zero-order valence-electron chi connectivity index (χ0n) is 9.47. The van der Waals surface area contributed by atoms with Crippen LogP contribution in [0.15, 0.2) is 48.5 Å². The van der Waals surface area contributed by atoms with Gasteiger partial charge in [0.15, 0.2) is 0 Å². The van der Waals surface area contributed by atoms with Crippen LogP contribution < -0.4 is 0 Å². The van der Waals surface area contributed by atoms with Crippen molar-refractivity contribution in [2.24, 2.45) is 0 Å². The maximum Gasteiger partial charge on any atom is 0.336 e. The van der Waals surface area contributed by atoms with Crippen molar-refractivity contribution in [3.63, 3.8) is 0 Å². The lowest BCUT2D eigenvalue weighted by Gasteiger charge is -2.06. The minimum Gasteiger partial charge on any atom is -0.478 e. The van der Waals surface area contributed by atoms with E-state index in [4.69, 9.17) is 5.11 Å². The maximum absolute atomic E-state index is 11.1. The molecule has 0 bridgehead atoms. The van der Waals surface area contributed by atoms with Gasteiger partial charge in [0.05, 0.1) is 5.56 Å². The molecule has 3 heteroatoms. The molecule has 0 fully saturated rings. The first-order valence-corrected chi connectivity index (χ1v) is 5.08. The van der Waals surface area contributed by atoms with Gasteiger partial charge in [-0.3, -0.25) is 0 Å². The first-order valence-electron chi connectivity index (χ1n) is 5.08. The van der Waals surface area contributed by atoms with Gasteiger partial charge >= 0.3 is 5.97 Å². The molecule has 0 spiro atoms. The Labute approximate surface area is 99.7 Å². The van der Waals surface area contributed by atoms with E-state index >= 15 is 0 Å². The molecule has 0 atom stereocenters. The molecule has 0 saturated heterocycles. The molecule has 3 N–H and O–H groups in total. The molecular formula is C14H14O3. The lowest BCUT2D eigenvalue weighted by Crippen LogP contribution is -1.98. The summed E-state index contributed by atoms with van der Waals surface area (Å²) in [5.41, 5.74) is 3.20. The molecule has 2 aromatic rings. The van der Waals surface area contributed by atoms with Gasteiger partial charge in [0.2, 0.25) is 0 Å². The van der Waals surface area contributed by atoms with E-state index in [1.807, 2.05) is 43.3 Å². The highest BCUT2D eigenvalue weighted by Crippen LogP contribution is 2.23. The minimum atomic E-state index is -0.892. The fourth-order valence-corrected chi connectivity index (χ4v) is 1.65. The number of carboxylic acid groups (broad SMARTS) is 1.